The van der Waals surface area contributed by atoms with Crippen LogP contribution in [0.1, 0.15) is 5.56 Å². The number of nitrogens with one attached hydrogen (secondary N) is 1. The van der Waals surface area contributed by atoms with Crippen molar-refractivity contribution >= 4 is 0 Å². The maximum Gasteiger partial charge on any atom is 0.127 e. The van der Waals surface area contributed by atoms with Crippen molar-refractivity contribution in [3.63, 3.8) is 0 Å². The number of fused-ring (bicyclic) bond motifs is 1. The highest BCUT2D eigenvalue weighted by atomic mass is 16.5. The zero-order chi connectivity index (χ0) is 13.8. The molecule has 2 aromatic rings. The predicted molar refractivity (Wildman–Crippen MR) is 75.4 cm³/mol. The first-order chi connectivity index (χ1) is 9.85. The second-order valence-corrected chi connectivity index (χ2v) is 4.93. The molecule has 0 aromatic heterocycles. The first kappa shape index (κ1) is 13.0. The van der Waals surface area contributed by atoms with Gasteiger partial charge in [-0.15, -0.1) is 0 Å². The minimum Gasteiger partial charge on any atom is -0.493 e. The van der Waals surface area contributed by atoms with Gasteiger partial charge in [0, 0.05) is 12.5 Å². The molecular formula is C16H17NO3. The fourth-order valence-electron chi connectivity index (χ4n) is 2.38. The van der Waals surface area contributed by atoms with E-state index in [0.717, 1.165) is 29.2 Å². The van der Waals surface area contributed by atoms with Gasteiger partial charge in [-0.3, -0.25) is 0 Å². The quantitative estimate of drug-likeness (QED) is 0.839. The lowest BCUT2D eigenvalue weighted by Crippen LogP contribution is -2.29. The van der Waals surface area contributed by atoms with E-state index in [-0.39, 0.29) is 5.92 Å². The van der Waals surface area contributed by atoms with Crippen LogP contribution in [0.3, 0.4) is 0 Å². The van der Waals surface area contributed by atoms with Gasteiger partial charge in [0.2, 0.25) is 0 Å². The summed E-state index contributed by atoms with van der Waals surface area (Å²) >= 11 is 0. The number of hydroxylamine groups is 1. The highest BCUT2D eigenvalue weighted by Crippen LogP contribution is 2.32. The van der Waals surface area contributed by atoms with Crippen LogP contribution in [-0.4, -0.2) is 18.4 Å². The summed E-state index contributed by atoms with van der Waals surface area (Å²) in [4.78, 5) is 0. The van der Waals surface area contributed by atoms with Gasteiger partial charge in [-0.2, -0.15) is 0 Å². The molecule has 4 nitrogen and oxygen atoms in total. The van der Waals surface area contributed by atoms with Gasteiger partial charge in [0.05, 0.1) is 6.61 Å². The van der Waals surface area contributed by atoms with Gasteiger partial charge in [0.1, 0.15) is 17.2 Å². The molecule has 0 spiro atoms. The Morgan fingerprint density at radius 2 is 2.00 bits per heavy atom. The highest BCUT2D eigenvalue weighted by Gasteiger charge is 2.20. The Hall–Kier alpha value is -2.04. The van der Waals surface area contributed by atoms with Crippen molar-refractivity contribution in [3.05, 3.63) is 54.1 Å². The van der Waals surface area contributed by atoms with Gasteiger partial charge in [0.15, 0.2) is 0 Å². The van der Waals surface area contributed by atoms with Crippen LogP contribution in [0.2, 0.25) is 0 Å². The molecule has 2 N–H and O–H groups in total. The van der Waals surface area contributed by atoms with E-state index >= 15 is 0 Å². The summed E-state index contributed by atoms with van der Waals surface area (Å²) in [5.74, 6) is 2.80. The van der Waals surface area contributed by atoms with E-state index in [4.69, 9.17) is 14.7 Å². The van der Waals surface area contributed by atoms with Crippen molar-refractivity contribution in [3.8, 4) is 17.2 Å². The second-order valence-electron chi connectivity index (χ2n) is 4.93. The topological polar surface area (TPSA) is 50.7 Å². The lowest BCUT2D eigenvalue weighted by atomic mass is 9.97. The van der Waals surface area contributed by atoms with E-state index in [2.05, 4.69) is 5.48 Å². The number of ether oxygens (including phenoxy) is 2. The van der Waals surface area contributed by atoms with Crippen LogP contribution in [0.4, 0.5) is 0 Å². The maximum absolute atomic E-state index is 8.79. The SMILES string of the molecule is ONCC1COc2ccc(Oc3ccccc3)cc2C1. The lowest BCUT2D eigenvalue weighted by molar-refractivity contribution is 0.123. The van der Waals surface area contributed by atoms with Crippen LogP contribution in [0.5, 0.6) is 17.2 Å². The third kappa shape index (κ3) is 2.92. The Kier molecular flexibility index (Phi) is 3.85. The van der Waals surface area contributed by atoms with E-state index in [0.29, 0.717) is 13.2 Å². The first-order valence-corrected chi connectivity index (χ1v) is 6.71. The monoisotopic (exact) mass is 271 g/mol. The molecule has 3 rings (SSSR count). The molecule has 0 radical (unpaired) electrons. The van der Waals surface area contributed by atoms with Crippen molar-refractivity contribution in [2.75, 3.05) is 13.2 Å². The number of benzene rings is 2. The third-order valence-electron chi connectivity index (χ3n) is 3.37. The summed E-state index contributed by atoms with van der Waals surface area (Å²) in [6, 6.07) is 15.6. The van der Waals surface area contributed by atoms with E-state index in [9.17, 15) is 0 Å². The highest BCUT2D eigenvalue weighted by molar-refractivity contribution is 5.43. The molecule has 104 valence electrons. The normalized spacial score (nSPS) is 17.1. The minimum atomic E-state index is 0.277. The molecule has 1 aliphatic rings. The van der Waals surface area contributed by atoms with Crippen molar-refractivity contribution in [1.82, 2.24) is 5.48 Å². The molecule has 2 aromatic carbocycles. The molecule has 1 atom stereocenters. The van der Waals surface area contributed by atoms with Crippen molar-refractivity contribution in [2.45, 2.75) is 6.42 Å². The average Bonchev–Trinajstić information content (AvgIpc) is 2.48. The molecule has 20 heavy (non-hydrogen) atoms. The zero-order valence-electron chi connectivity index (χ0n) is 11.1. The van der Waals surface area contributed by atoms with Gasteiger partial charge >= 0.3 is 0 Å². The molecule has 0 bridgehead atoms. The number of hydrogen-bond acceptors (Lipinski definition) is 4. The zero-order valence-corrected chi connectivity index (χ0v) is 11.1. The molecule has 0 saturated heterocycles. The predicted octanol–water partition coefficient (Wildman–Crippen LogP) is 3.01. The van der Waals surface area contributed by atoms with Crippen molar-refractivity contribution < 1.29 is 14.7 Å². The number of para-hydroxylation sites is 1. The first-order valence-electron chi connectivity index (χ1n) is 6.71. The molecule has 1 aliphatic heterocycles. The van der Waals surface area contributed by atoms with Crippen LogP contribution in [-0.2, 0) is 6.42 Å². The van der Waals surface area contributed by atoms with E-state index < -0.39 is 0 Å². The lowest BCUT2D eigenvalue weighted by Gasteiger charge is -2.25. The van der Waals surface area contributed by atoms with Gasteiger partial charge < -0.3 is 14.7 Å². The summed E-state index contributed by atoms with van der Waals surface area (Å²) in [6.45, 7) is 1.16. The van der Waals surface area contributed by atoms with Crippen LogP contribution >= 0.6 is 0 Å². The number of rotatable bonds is 4. The van der Waals surface area contributed by atoms with Gasteiger partial charge in [-0.05, 0) is 42.3 Å². The maximum atomic E-state index is 8.79. The molecule has 4 heteroatoms. The average molecular weight is 271 g/mol. The number of hydrogen-bond donors (Lipinski definition) is 2. The van der Waals surface area contributed by atoms with E-state index in [1.54, 1.807) is 0 Å². The van der Waals surface area contributed by atoms with Crippen LogP contribution in [0, 0.1) is 5.92 Å². The van der Waals surface area contributed by atoms with Crippen LogP contribution < -0.4 is 15.0 Å². The summed E-state index contributed by atoms with van der Waals surface area (Å²) in [5, 5.41) is 8.79. The summed E-state index contributed by atoms with van der Waals surface area (Å²) in [6.07, 6.45) is 0.870. The van der Waals surface area contributed by atoms with E-state index in [1.807, 2.05) is 48.5 Å². The van der Waals surface area contributed by atoms with Crippen molar-refractivity contribution in [2.24, 2.45) is 5.92 Å². The summed E-state index contributed by atoms with van der Waals surface area (Å²) in [7, 11) is 0. The Bertz CT molecular complexity index is 571. The molecule has 1 unspecified atom stereocenters. The molecule has 0 saturated carbocycles. The van der Waals surface area contributed by atoms with Gasteiger partial charge in [0.25, 0.3) is 0 Å². The van der Waals surface area contributed by atoms with Gasteiger partial charge in [-0.25, -0.2) is 5.48 Å². The van der Waals surface area contributed by atoms with Crippen molar-refractivity contribution in [1.29, 1.82) is 0 Å². The standard InChI is InChI=1S/C16H17NO3/c18-17-10-12-8-13-9-15(6-7-16(13)19-11-12)20-14-4-2-1-3-5-14/h1-7,9,12,17-18H,8,10-11H2. The van der Waals surface area contributed by atoms with Crippen LogP contribution in [0.25, 0.3) is 0 Å². The summed E-state index contributed by atoms with van der Waals surface area (Å²) < 4.78 is 11.5. The fourth-order valence-corrected chi connectivity index (χ4v) is 2.38. The Morgan fingerprint density at radius 1 is 1.15 bits per heavy atom. The molecule has 0 amide bonds. The minimum absolute atomic E-state index is 0.277. The molecule has 0 aliphatic carbocycles. The Balaban J connectivity index is 1.77. The van der Waals surface area contributed by atoms with Crippen LogP contribution in [0.15, 0.2) is 48.5 Å². The smallest absolute Gasteiger partial charge is 0.127 e. The van der Waals surface area contributed by atoms with Gasteiger partial charge in [-0.1, -0.05) is 18.2 Å². The third-order valence-corrected chi connectivity index (χ3v) is 3.37. The Labute approximate surface area is 117 Å². The van der Waals surface area contributed by atoms with E-state index in [1.165, 1.54) is 0 Å². The molecular weight excluding hydrogens is 254 g/mol. The largest absolute Gasteiger partial charge is 0.493 e. The Morgan fingerprint density at radius 3 is 2.80 bits per heavy atom. The fraction of sp³-hybridized carbons (Fsp3) is 0.250. The second kappa shape index (κ2) is 5.94. The molecule has 1 heterocycles. The molecule has 0 fully saturated rings. The summed E-state index contributed by atoms with van der Waals surface area (Å²) in [5.41, 5.74) is 3.33.